The predicted octanol–water partition coefficient (Wildman–Crippen LogP) is 2.02. The third kappa shape index (κ3) is 4.42. The molecule has 2 fully saturated rings. The molecule has 4 rings (SSSR count). The van der Waals surface area contributed by atoms with E-state index in [1.807, 2.05) is 4.90 Å². The molecule has 2 aliphatic rings. The fraction of sp³-hybridized carbons (Fsp3) is 0.500. The second-order valence-corrected chi connectivity index (χ2v) is 7.14. The number of hydrogen-bond donors (Lipinski definition) is 0. The van der Waals surface area contributed by atoms with Crippen molar-refractivity contribution < 1.29 is 9.53 Å². The lowest BCUT2D eigenvalue weighted by molar-refractivity contribution is 0.0403. The average Bonchev–Trinajstić information content (AvgIpc) is 2.75. The van der Waals surface area contributed by atoms with Gasteiger partial charge in [0.1, 0.15) is 6.10 Å². The van der Waals surface area contributed by atoms with Gasteiger partial charge < -0.3 is 9.64 Å². The van der Waals surface area contributed by atoms with Crippen LogP contribution in [-0.2, 0) is 0 Å². The Bertz CT molecular complexity index is 727. The average molecular weight is 367 g/mol. The van der Waals surface area contributed by atoms with Crippen LogP contribution in [0, 0.1) is 0 Å². The number of pyridine rings is 1. The number of carbonyl (C=O) groups is 1. The zero-order valence-electron chi connectivity index (χ0n) is 15.4. The minimum Gasteiger partial charge on any atom is -0.460 e. The van der Waals surface area contributed by atoms with E-state index < -0.39 is 0 Å². The van der Waals surface area contributed by atoms with Crippen molar-refractivity contribution in [2.45, 2.75) is 37.8 Å². The fourth-order valence-corrected chi connectivity index (χ4v) is 3.97. The smallest absolute Gasteiger partial charge is 0.316 e. The standard InChI is InChI=1S/C20H25N5O2/c26-19(16-2-10-21-11-3-16)25-12-4-17(5-13-25)24-14-6-18(7-15-24)27-20-22-8-1-9-23-20/h1-3,8-11,17-18H,4-7,12-15H2. The third-order valence-corrected chi connectivity index (χ3v) is 5.49. The van der Waals surface area contributed by atoms with Crippen LogP contribution in [0.3, 0.4) is 0 Å². The second-order valence-electron chi connectivity index (χ2n) is 7.14. The Hall–Kier alpha value is -2.54. The van der Waals surface area contributed by atoms with Crippen molar-refractivity contribution in [2.24, 2.45) is 0 Å². The fourth-order valence-electron chi connectivity index (χ4n) is 3.97. The topological polar surface area (TPSA) is 71.5 Å². The van der Waals surface area contributed by atoms with Gasteiger partial charge in [0.15, 0.2) is 0 Å². The monoisotopic (exact) mass is 367 g/mol. The molecular formula is C20H25N5O2. The molecule has 27 heavy (non-hydrogen) atoms. The Labute approximate surface area is 159 Å². The highest BCUT2D eigenvalue weighted by molar-refractivity contribution is 5.94. The molecule has 2 aliphatic heterocycles. The van der Waals surface area contributed by atoms with Crippen molar-refractivity contribution in [1.82, 2.24) is 24.8 Å². The van der Waals surface area contributed by atoms with E-state index in [9.17, 15) is 4.79 Å². The summed E-state index contributed by atoms with van der Waals surface area (Å²) in [6.07, 6.45) is 11.0. The van der Waals surface area contributed by atoms with Crippen LogP contribution in [0.4, 0.5) is 0 Å². The first-order chi connectivity index (χ1) is 13.3. The lowest BCUT2D eigenvalue weighted by Crippen LogP contribution is -2.50. The summed E-state index contributed by atoms with van der Waals surface area (Å²) in [6.45, 7) is 3.70. The molecule has 142 valence electrons. The van der Waals surface area contributed by atoms with Crippen molar-refractivity contribution >= 4 is 5.91 Å². The molecule has 0 saturated carbocycles. The Morgan fingerprint density at radius 1 is 0.926 bits per heavy atom. The highest BCUT2D eigenvalue weighted by Gasteiger charge is 2.30. The minimum atomic E-state index is 0.116. The van der Waals surface area contributed by atoms with Gasteiger partial charge in [-0.1, -0.05) is 0 Å². The van der Waals surface area contributed by atoms with Gasteiger partial charge in [0.25, 0.3) is 5.91 Å². The molecule has 1 amide bonds. The zero-order valence-corrected chi connectivity index (χ0v) is 15.4. The van der Waals surface area contributed by atoms with Crippen LogP contribution in [-0.4, -0.2) is 69.0 Å². The van der Waals surface area contributed by atoms with Crippen LogP contribution >= 0.6 is 0 Å². The van der Waals surface area contributed by atoms with Gasteiger partial charge in [-0.05, 0) is 43.9 Å². The summed E-state index contributed by atoms with van der Waals surface area (Å²) in [5.74, 6) is 0.116. The maximum Gasteiger partial charge on any atom is 0.316 e. The van der Waals surface area contributed by atoms with Crippen LogP contribution in [0.1, 0.15) is 36.0 Å². The number of hydrogen-bond acceptors (Lipinski definition) is 6. The van der Waals surface area contributed by atoms with Crippen molar-refractivity contribution in [1.29, 1.82) is 0 Å². The van der Waals surface area contributed by atoms with E-state index in [4.69, 9.17) is 4.74 Å². The van der Waals surface area contributed by atoms with Crippen LogP contribution in [0.25, 0.3) is 0 Å². The molecule has 0 bridgehead atoms. The molecule has 7 heteroatoms. The number of carbonyl (C=O) groups excluding carboxylic acids is 1. The summed E-state index contributed by atoms with van der Waals surface area (Å²) in [7, 11) is 0. The van der Waals surface area contributed by atoms with E-state index in [0.717, 1.165) is 57.4 Å². The van der Waals surface area contributed by atoms with Gasteiger partial charge in [-0.25, -0.2) is 9.97 Å². The molecule has 7 nitrogen and oxygen atoms in total. The van der Waals surface area contributed by atoms with Crippen LogP contribution in [0.15, 0.2) is 43.0 Å². The largest absolute Gasteiger partial charge is 0.460 e. The van der Waals surface area contributed by atoms with Gasteiger partial charge in [-0.15, -0.1) is 0 Å². The summed E-state index contributed by atoms with van der Waals surface area (Å²) in [4.78, 5) is 29.3. The van der Waals surface area contributed by atoms with E-state index in [1.54, 1.807) is 43.0 Å². The number of piperidine rings is 2. The van der Waals surface area contributed by atoms with Crippen LogP contribution in [0.2, 0.25) is 0 Å². The van der Waals surface area contributed by atoms with E-state index in [2.05, 4.69) is 19.9 Å². The van der Waals surface area contributed by atoms with Crippen LogP contribution in [0.5, 0.6) is 6.01 Å². The lowest BCUT2D eigenvalue weighted by Gasteiger charge is -2.41. The Kier molecular flexibility index (Phi) is 5.58. The highest BCUT2D eigenvalue weighted by Crippen LogP contribution is 2.23. The summed E-state index contributed by atoms with van der Waals surface area (Å²) >= 11 is 0. The molecule has 0 atom stereocenters. The molecule has 0 unspecified atom stereocenters. The molecule has 0 radical (unpaired) electrons. The maximum atomic E-state index is 12.6. The van der Waals surface area contributed by atoms with E-state index >= 15 is 0 Å². The summed E-state index contributed by atoms with van der Waals surface area (Å²) in [5.41, 5.74) is 0.726. The Morgan fingerprint density at radius 2 is 1.59 bits per heavy atom. The normalized spacial score (nSPS) is 19.8. The summed E-state index contributed by atoms with van der Waals surface area (Å²) in [6, 6.07) is 6.39. The summed E-state index contributed by atoms with van der Waals surface area (Å²) < 4.78 is 5.88. The first kappa shape index (κ1) is 17.9. The Balaban J connectivity index is 1.23. The lowest BCUT2D eigenvalue weighted by atomic mass is 9.98. The van der Waals surface area contributed by atoms with E-state index in [1.165, 1.54) is 0 Å². The first-order valence-corrected chi connectivity index (χ1v) is 9.66. The van der Waals surface area contributed by atoms with Crippen molar-refractivity contribution in [2.75, 3.05) is 26.2 Å². The molecule has 0 aromatic carbocycles. The molecule has 0 N–H and O–H groups in total. The SMILES string of the molecule is O=C(c1ccncc1)N1CCC(N2CCC(Oc3ncccn3)CC2)CC1. The number of ether oxygens (including phenoxy) is 1. The van der Waals surface area contributed by atoms with E-state index in [-0.39, 0.29) is 12.0 Å². The highest BCUT2D eigenvalue weighted by atomic mass is 16.5. The van der Waals surface area contributed by atoms with Crippen molar-refractivity contribution in [3.05, 3.63) is 48.5 Å². The minimum absolute atomic E-state index is 0.116. The molecule has 4 heterocycles. The van der Waals surface area contributed by atoms with Crippen LogP contribution < -0.4 is 4.74 Å². The predicted molar refractivity (Wildman–Crippen MR) is 100 cm³/mol. The molecule has 0 spiro atoms. The molecule has 2 saturated heterocycles. The van der Waals surface area contributed by atoms with Gasteiger partial charge in [0.2, 0.25) is 0 Å². The maximum absolute atomic E-state index is 12.6. The van der Waals surface area contributed by atoms with Gasteiger partial charge in [0, 0.05) is 62.6 Å². The van der Waals surface area contributed by atoms with Crippen molar-refractivity contribution in [3.8, 4) is 6.01 Å². The number of amides is 1. The first-order valence-electron chi connectivity index (χ1n) is 9.66. The quantitative estimate of drug-likeness (QED) is 0.823. The van der Waals surface area contributed by atoms with Crippen molar-refractivity contribution in [3.63, 3.8) is 0 Å². The molecule has 2 aromatic rings. The number of nitrogens with zero attached hydrogens (tertiary/aromatic N) is 5. The number of rotatable bonds is 4. The van der Waals surface area contributed by atoms with Gasteiger partial charge in [-0.3, -0.25) is 14.7 Å². The number of likely N-dealkylation sites (tertiary alicyclic amines) is 2. The number of aromatic nitrogens is 3. The second kappa shape index (κ2) is 8.43. The van der Waals surface area contributed by atoms with Gasteiger partial charge >= 0.3 is 6.01 Å². The summed E-state index contributed by atoms with van der Waals surface area (Å²) in [5, 5.41) is 0. The molecule has 2 aromatic heterocycles. The van der Waals surface area contributed by atoms with Gasteiger partial charge in [0.05, 0.1) is 0 Å². The molecular weight excluding hydrogens is 342 g/mol. The zero-order chi connectivity index (χ0) is 18.5. The van der Waals surface area contributed by atoms with Gasteiger partial charge in [-0.2, -0.15) is 0 Å². The molecule has 0 aliphatic carbocycles. The van der Waals surface area contributed by atoms with E-state index in [0.29, 0.717) is 12.1 Å². The Morgan fingerprint density at radius 3 is 2.26 bits per heavy atom. The third-order valence-electron chi connectivity index (χ3n) is 5.49.